The van der Waals surface area contributed by atoms with Crippen LogP contribution >= 0.6 is 0 Å². The fourth-order valence-corrected chi connectivity index (χ4v) is 1.32. The van der Waals surface area contributed by atoms with Gasteiger partial charge < -0.3 is 4.90 Å². The normalized spacial score (nSPS) is 20.1. The Morgan fingerprint density at radius 2 is 2.00 bits per heavy atom. The van der Waals surface area contributed by atoms with Gasteiger partial charge in [0.2, 0.25) is 6.41 Å². The average Bonchev–Trinajstić information content (AvgIpc) is 2.37. The van der Waals surface area contributed by atoms with E-state index in [4.69, 9.17) is 0 Å². The monoisotopic (exact) mass is 126 g/mol. The van der Waals surface area contributed by atoms with E-state index in [-0.39, 0.29) is 0 Å². The van der Waals surface area contributed by atoms with E-state index in [1.807, 2.05) is 0 Å². The Morgan fingerprint density at radius 1 is 1.44 bits per heavy atom. The lowest BCUT2D eigenvalue weighted by atomic mass is 10.2. The summed E-state index contributed by atoms with van der Waals surface area (Å²) in [6.07, 6.45) is 5.61. The minimum Gasteiger partial charge on any atom is -0.341 e. The van der Waals surface area contributed by atoms with Crippen LogP contribution in [-0.2, 0) is 4.79 Å². The van der Waals surface area contributed by atoms with Crippen LogP contribution in [0.15, 0.2) is 0 Å². The molecule has 2 heteroatoms. The highest BCUT2D eigenvalue weighted by atomic mass is 16.1. The van der Waals surface area contributed by atoms with Crippen LogP contribution in [0.1, 0.15) is 25.7 Å². The maximum absolute atomic E-state index is 10.2. The molecule has 0 spiro atoms. The van der Waals surface area contributed by atoms with Gasteiger partial charge in [-0.2, -0.15) is 0 Å². The molecule has 0 bridgehead atoms. The molecule has 1 fully saturated rings. The van der Waals surface area contributed by atoms with Crippen molar-refractivity contribution in [3.05, 3.63) is 7.05 Å². The van der Waals surface area contributed by atoms with E-state index in [9.17, 15) is 4.79 Å². The third-order valence-corrected chi connectivity index (χ3v) is 1.93. The molecule has 0 aromatic heterocycles. The Balaban J connectivity index is 2.32. The van der Waals surface area contributed by atoms with Crippen LogP contribution < -0.4 is 0 Å². The highest BCUT2D eigenvalue weighted by molar-refractivity contribution is 5.47. The van der Waals surface area contributed by atoms with Crippen LogP contribution in [-0.4, -0.2) is 17.4 Å². The van der Waals surface area contributed by atoms with Crippen molar-refractivity contribution in [2.24, 2.45) is 0 Å². The topological polar surface area (TPSA) is 20.3 Å². The molecule has 0 saturated heterocycles. The first kappa shape index (κ1) is 6.59. The van der Waals surface area contributed by atoms with E-state index < -0.39 is 0 Å². The minimum atomic E-state index is 0.433. The predicted octanol–water partition coefficient (Wildman–Crippen LogP) is 1.18. The summed E-state index contributed by atoms with van der Waals surface area (Å²) in [6.45, 7) is 0. The second-order valence-electron chi connectivity index (χ2n) is 2.56. The number of nitrogens with zero attached hydrogens (tertiary/aromatic N) is 1. The number of rotatable bonds is 2. The first-order valence-corrected chi connectivity index (χ1v) is 3.38. The lowest BCUT2D eigenvalue weighted by Crippen LogP contribution is -2.25. The van der Waals surface area contributed by atoms with Crippen LogP contribution in [0.3, 0.4) is 0 Å². The van der Waals surface area contributed by atoms with Crippen LogP contribution in [0.25, 0.3) is 0 Å². The molecular weight excluding hydrogens is 114 g/mol. The third-order valence-electron chi connectivity index (χ3n) is 1.93. The largest absolute Gasteiger partial charge is 0.341 e. The highest BCUT2D eigenvalue weighted by Crippen LogP contribution is 2.21. The molecule has 1 rings (SSSR count). The summed E-state index contributed by atoms with van der Waals surface area (Å²) in [6, 6.07) is 0.433. The van der Waals surface area contributed by atoms with Gasteiger partial charge in [-0.15, -0.1) is 0 Å². The first-order chi connectivity index (χ1) is 4.34. The summed E-state index contributed by atoms with van der Waals surface area (Å²) in [5.41, 5.74) is 0. The Bertz CT molecular complexity index is 97.1. The number of hydrogen-bond donors (Lipinski definition) is 0. The molecule has 1 saturated carbocycles. The van der Waals surface area contributed by atoms with Crippen LogP contribution in [0.5, 0.6) is 0 Å². The molecule has 9 heavy (non-hydrogen) atoms. The summed E-state index contributed by atoms with van der Waals surface area (Å²) in [7, 11) is 3.60. The fraction of sp³-hybridized carbons (Fsp3) is 0.714. The molecule has 2 nitrogen and oxygen atoms in total. The van der Waals surface area contributed by atoms with Crippen molar-refractivity contribution < 1.29 is 4.79 Å². The molecule has 0 N–H and O–H groups in total. The number of carbonyl (C=O) groups excluding carboxylic acids is 1. The van der Waals surface area contributed by atoms with Gasteiger partial charge in [-0.05, 0) is 12.8 Å². The van der Waals surface area contributed by atoms with Crippen molar-refractivity contribution in [1.82, 2.24) is 4.90 Å². The molecule has 0 aliphatic heterocycles. The van der Waals surface area contributed by atoms with Gasteiger partial charge in [0.15, 0.2) is 0 Å². The summed E-state index contributed by atoms with van der Waals surface area (Å²) < 4.78 is 0. The third kappa shape index (κ3) is 1.44. The van der Waals surface area contributed by atoms with Gasteiger partial charge in [-0.3, -0.25) is 4.79 Å². The molecule has 1 radical (unpaired) electrons. The van der Waals surface area contributed by atoms with E-state index >= 15 is 0 Å². The van der Waals surface area contributed by atoms with Crippen molar-refractivity contribution in [3.63, 3.8) is 0 Å². The van der Waals surface area contributed by atoms with E-state index in [0.29, 0.717) is 6.04 Å². The summed E-state index contributed by atoms with van der Waals surface area (Å²) in [5.74, 6) is 0. The van der Waals surface area contributed by atoms with Crippen LogP contribution in [0.4, 0.5) is 0 Å². The van der Waals surface area contributed by atoms with Crippen LogP contribution in [0.2, 0.25) is 0 Å². The van der Waals surface area contributed by atoms with E-state index in [1.165, 1.54) is 17.7 Å². The molecule has 1 aliphatic carbocycles. The van der Waals surface area contributed by atoms with Gasteiger partial charge in [-0.1, -0.05) is 12.8 Å². The SMILES string of the molecule is [CH2]N(C=O)C1CCCC1. The van der Waals surface area contributed by atoms with E-state index in [1.54, 1.807) is 0 Å². The van der Waals surface area contributed by atoms with Crippen molar-refractivity contribution >= 4 is 6.41 Å². The number of carbonyl (C=O) groups is 1. The molecule has 1 aliphatic rings. The summed E-state index contributed by atoms with van der Waals surface area (Å²) in [5, 5.41) is 0. The first-order valence-electron chi connectivity index (χ1n) is 3.38. The molecular formula is C7H12NO. The Kier molecular flexibility index (Phi) is 2.09. The molecule has 0 heterocycles. The molecule has 0 aromatic rings. The smallest absolute Gasteiger partial charge is 0.210 e. The van der Waals surface area contributed by atoms with Crippen molar-refractivity contribution in [2.75, 3.05) is 0 Å². The van der Waals surface area contributed by atoms with Gasteiger partial charge in [0, 0.05) is 13.1 Å². The van der Waals surface area contributed by atoms with Gasteiger partial charge >= 0.3 is 0 Å². The standard InChI is InChI=1S/C7H12NO/c1-8(6-9)7-4-2-3-5-7/h6-7H,1-5H2. The fourth-order valence-electron chi connectivity index (χ4n) is 1.32. The lowest BCUT2D eigenvalue weighted by Gasteiger charge is -2.17. The predicted molar refractivity (Wildman–Crippen MR) is 35.5 cm³/mol. The quantitative estimate of drug-likeness (QED) is 0.509. The Labute approximate surface area is 55.8 Å². The van der Waals surface area contributed by atoms with Gasteiger partial charge in [0.25, 0.3) is 0 Å². The average molecular weight is 126 g/mol. The molecule has 0 aromatic carbocycles. The molecule has 0 atom stereocenters. The zero-order chi connectivity index (χ0) is 6.69. The Morgan fingerprint density at radius 3 is 2.44 bits per heavy atom. The number of hydrogen-bond acceptors (Lipinski definition) is 1. The van der Waals surface area contributed by atoms with Gasteiger partial charge in [-0.25, -0.2) is 0 Å². The van der Waals surface area contributed by atoms with Crippen molar-refractivity contribution in [2.45, 2.75) is 31.7 Å². The summed E-state index contributed by atoms with van der Waals surface area (Å²) in [4.78, 5) is 11.7. The lowest BCUT2D eigenvalue weighted by molar-refractivity contribution is -0.117. The maximum atomic E-state index is 10.2. The second-order valence-corrected chi connectivity index (χ2v) is 2.56. The van der Waals surface area contributed by atoms with Gasteiger partial charge in [0.1, 0.15) is 0 Å². The van der Waals surface area contributed by atoms with E-state index in [0.717, 1.165) is 19.3 Å². The van der Waals surface area contributed by atoms with Crippen LogP contribution in [0, 0.1) is 7.05 Å². The van der Waals surface area contributed by atoms with E-state index in [2.05, 4.69) is 7.05 Å². The Hall–Kier alpha value is -0.530. The van der Waals surface area contributed by atoms with Crippen molar-refractivity contribution in [1.29, 1.82) is 0 Å². The second kappa shape index (κ2) is 2.85. The highest BCUT2D eigenvalue weighted by Gasteiger charge is 2.17. The zero-order valence-electron chi connectivity index (χ0n) is 5.55. The summed E-state index contributed by atoms with van der Waals surface area (Å²) >= 11 is 0. The molecule has 0 unspecified atom stereocenters. The molecule has 1 amide bonds. The maximum Gasteiger partial charge on any atom is 0.210 e. The minimum absolute atomic E-state index is 0.433. The molecule has 51 valence electrons. The number of amides is 1. The van der Waals surface area contributed by atoms with Gasteiger partial charge in [0.05, 0.1) is 0 Å². The zero-order valence-corrected chi connectivity index (χ0v) is 5.55. The van der Waals surface area contributed by atoms with Crippen molar-refractivity contribution in [3.8, 4) is 0 Å².